The second-order valence-corrected chi connectivity index (χ2v) is 12.8. The van der Waals surface area contributed by atoms with Gasteiger partial charge in [0.1, 0.15) is 17.7 Å². The smallest absolute Gasteiger partial charge is 0.550 e. The average molecular weight is 609 g/mol. The van der Waals surface area contributed by atoms with E-state index in [9.17, 15) is 9.90 Å². The number of rotatable bonds is 9. The number of fused-ring (bicyclic) bond motifs is 1. The number of carboxylic acid groups (broad SMARTS) is 1. The number of aromatic nitrogens is 1. The van der Waals surface area contributed by atoms with Gasteiger partial charge in [-0.15, -0.1) is 0 Å². The number of ether oxygens (including phenoxy) is 3. The van der Waals surface area contributed by atoms with Crippen molar-refractivity contribution in [3.8, 4) is 22.8 Å². The van der Waals surface area contributed by atoms with Crippen LogP contribution in [0.1, 0.15) is 73.3 Å². The van der Waals surface area contributed by atoms with Crippen molar-refractivity contribution in [3.05, 3.63) is 76.7 Å². The summed E-state index contributed by atoms with van der Waals surface area (Å²) in [5, 5.41) is 11.8. The molecule has 0 amide bonds. The van der Waals surface area contributed by atoms with Gasteiger partial charge in [0.25, 0.3) is 0 Å². The molecule has 2 saturated heterocycles. The molecule has 4 heterocycles. The topological polar surface area (TPSA) is 84.0 Å². The third kappa shape index (κ3) is 5.92. The second-order valence-electron chi connectivity index (χ2n) is 12.8. The van der Waals surface area contributed by atoms with E-state index in [0.29, 0.717) is 23.9 Å². The minimum atomic E-state index is -1.00. The number of pyridine rings is 1. The van der Waals surface area contributed by atoms with Gasteiger partial charge < -0.3 is 24.1 Å². The number of carboxylic acids is 1. The monoisotopic (exact) mass is 608 g/mol. The van der Waals surface area contributed by atoms with E-state index in [1.807, 2.05) is 12.1 Å². The van der Waals surface area contributed by atoms with E-state index in [1.165, 1.54) is 13.3 Å². The number of halogens is 1. The first-order valence-corrected chi connectivity index (χ1v) is 15.5. The van der Waals surface area contributed by atoms with Crippen LogP contribution in [-0.2, 0) is 22.5 Å². The Morgan fingerprint density at radius 1 is 1.16 bits per heavy atom. The van der Waals surface area contributed by atoms with Gasteiger partial charge in [-0.25, -0.2) is 9.37 Å². The molecule has 4 aliphatic rings. The van der Waals surface area contributed by atoms with Gasteiger partial charge in [0.15, 0.2) is 0 Å². The zero-order valence-electron chi connectivity index (χ0n) is 25.8. The predicted molar refractivity (Wildman–Crippen MR) is 157 cm³/mol. The SMILES string of the molecule is COc1cc(-c2ccc(C3CCc4ccc([C@H](C5CC5)[C@H](C)C(=O)[O-])cc4O3)cc2CN2CCCC23COC3)c(F)cn1.[Na+]. The Balaban J connectivity index is 0.00000343. The van der Waals surface area contributed by atoms with Crippen LogP contribution in [0.4, 0.5) is 4.39 Å². The second kappa shape index (κ2) is 12.7. The molecule has 2 aromatic carbocycles. The number of carbonyl (C=O) groups is 1. The van der Waals surface area contributed by atoms with Crippen LogP contribution in [0.5, 0.6) is 11.6 Å². The minimum Gasteiger partial charge on any atom is -0.550 e. The van der Waals surface area contributed by atoms with Crippen LogP contribution in [0.25, 0.3) is 11.1 Å². The van der Waals surface area contributed by atoms with Gasteiger partial charge in [-0.1, -0.05) is 37.3 Å². The fraction of sp³-hybridized carbons (Fsp3) is 0.486. The summed E-state index contributed by atoms with van der Waals surface area (Å²) in [4.78, 5) is 18.3. The van der Waals surface area contributed by atoms with Gasteiger partial charge in [0.05, 0.1) is 32.1 Å². The van der Waals surface area contributed by atoms with E-state index in [4.69, 9.17) is 14.2 Å². The fourth-order valence-corrected chi connectivity index (χ4v) is 7.46. The van der Waals surface area contributed by atoms with Crippen molar-refractivity contribution in [2.75, 3.05) is 26.9 Å². The van der Waals surface area contributed by atoms with Crippen LogP contribution in [0.3, 0.4) is 0 Å². The van der Waals surface area contributed by atoms with Crippen LogP contribution < -0.4 is 44.1 Å². The maximum Gasteiger partial charge on any atom is 1.00 e. The number of nitrogens with zero attached hydrogens (tertiary/aromatic N) is 2. The summed E-state index contributed by atoms with van der Waals surface area (Å²) in [6.45, 7) is 4.91. The van der Waals surface area contributed by atoms with Gasteiger partial charge in [0.2, 0.25) is 5.88 Å². The Morgan fingerprint density at radius 2 is 1.98 bits per heavy atom. The first-order chi connectivity index (χ1) is 20.8. The van der Waals surface area contributed by atoms with Crippen LogP contribution in [0, 0.1) is 17.7 Å². The molecule has 44 heavy (non-hydrogen) atoms. The predicted octanol–water partition coefficient (Wildman–Crippen LogP) is 2.21. The third-order valence-corrected chi connectivity index (χ3v) is 10.1. The molecule has 0 N–H and O–H groups in total. The first kappa shape index (κ1) is 31.5. The number of aryl methyl sites for hydroxylation is 1. The summed E-state index contributed by atoms with van der Waals surface area (Å²) in [6.07, 6.45) is 7.08. The van der Waals surface area contributed by atoms with Crippen molar-refractivity contribution < 1.29 is 58.1 Å². The molecule has 1 aromatic heterocycles. The molecule has 0 bridgehead atoms. The van der Waals surface area contributed by atoms with E-state index in [1.54, 1.807) is 13.0 Å². The first-order valence-electron chi connectivity index (χ1n) is 15.5. The van der Waals surface area contributed by atoms with Gasteiger partial charge in [-0.2, -0.15) is 0 Å². The molecule has 1 unspecified atom stereocenters. The zero-order valence-corrected chi connectivity index (χ0v) is 27.8. The molecule has 9 heteroatoms. The van der Waals surface area contributed by atoms with Crippen LogP contribution >= 0.6 is 0 Å². The van der Waals surface area contributed by atoms with Crippen LogP contribution in [0.15, 0.2) is 48.7 Å². The maximum absolute atomic E-state index is 15.2. The molecule has 0 radical (unpaired) electrons. The van der Waals surface area contributed by atoms with Gasteiger partial charge in [-0.3, -0.25) is 4.90 Å². The summed E-state index contributed by atoms with van der Waals surface area (Å²) in [6, 6.07) is 14.1. The minimum absolute atomic E-state index is 0. The fourth-order valence-electron chi connectivity index (χ4n) is 7.46. The molecule has 1 saturated carbocycles. The van der Waals surface area contributed by atoms with Crippen molar-refractivity contribution in [2.24, 2.45) is 11.8 Å². The number of methoxy groups -OCH3 is 1. The molecular weight excluding hydrogens is 570 g/mol. The van der Waals surface area contributed by atoms with Gasteiger partial charge >= 0.3 is 29.6 Å². The Labute approximate surface area is 280 Å². The number of benzene rings is 2. The molecule has 3 fully saturated rings. The van der Waals surface area contributed by atoms with E-state index >= 15 is 4.39 Å². The summed E-state index contributed by atoms with van der Waals surface area (Å²) in [5.74, 6) is -0.435. The molecule has 7 rings (SSSR count). The maximum atomic E-state index is 15.2. The third-order valence-electron chi connectivity index (χ3n) is 10.1. The molecule has 3 aliphatic heterocycles. The molecule has 3 atom stereocenters. The molecule has 226 valence electrons. The zero-order chi connectivity index (χ0) is 29.7. The molecule has 3 aromatic rings. The number of carbonyl (C=O) groups excluding carboxylic acids is 1. The molecule has 1 aliphatic carbocycles. The Bertz CT molecular complexity index is 1540. The van der Waals surface area contributed by atoms with E-state index in [0.717, 1.165) is 91.9 Å². The molecule has 7 nitrogen and oxygen atoms in total. The van der Waals surface area contributed by atoms with Gasteiger partial charge in [0, 0.05) is 30.1 Å². The summed E-state index contributed by atoms with van der Waals surface area (Å²) < 4.78 is 32.8. The van der Waals surface area contributed by atoms with Crippen molar-refractivity contribution in [1.82, 2.24) is 9.88 Å². The van der Waals surface area contributed by atoms with Crippen molar-refractivity contribution >= 4 is 5.97 Å². The van der Waals surface area contributed by atoms with Crippen LogP contribution in [-0.4, -0.2) is 48.3 Å². The quantitative estimate of drug-likeness (QED) is 0.345. The van der Waals surface area contributed by atoms with Crippen molar-refractivity contribution in [1.29, 1.82) is 0 Å². The largest absolute Gasteiger partial charge is 1.00 e. The summed E-state index contributed by atoms with van der Waals surface area (Å²) in [7, 11) is 1.54. The Hall–Kier alpha value is -2.49. The number of hydrogen-bond acceptors (Lipinski definition) is 7. The van der Waals surface area contributed by atoms with E-state index in [2.05, 4.69) is 34.1 Å². The van der Waals surface area contributed by atoms with E-state index < -0.39 is 11.9 Å². The Kier molecular flexibility index (Phi) is 9.10. The summed E-state index contributed by atoms with van der Waals surface area (Å²) >= 11 is 0. The summed E-state index contributed by atoms with van der Waals surface area (Å²) in [5.41, 5.74) is 5.61. The average Bonchev–Trinajstić information content (AvgIpc) is 3.74. The molecule has 1 spiro atoms. The number of aliphatic carboxylic acids is 1. The van der Waals surface area contributed by atoms with Crippen molar-refractivity contribution in [2.45, 2.75) is 69.6 Å². The van der Waals surface area contributed by atoms with Crippen molar-refractivity contribution in [3.63, 3.8) is 0 Å². The van der Waals surface area contributed by atoms with Gasteiger partial charge in [-0.05, 0) is 90.8 Å². The number of hydrogen-bond donors (Lipinski definition) is 0. The molecular formula is C35H38FN2NaO5. The van der Waals surface area contributed by atoms with E-state index in [-0.39, 0.29) is 52.9 Å². The van der Waals surface area contributed by atoms with Crippen LogP contribution in [0.2, 0.25) is 0 Å². The normalized spacial score (nSPS) is 21.8. The standard InChI is InChI=1S/C35H39FN2O5.Na/c1-21(34(39)40)33(23-5-6-23)25-7-4-22-9-11-30(43-31(22)15-25)24-8-10-27(28-16-32(41-2)37-17-29(28)36)26(14-24)18-38-13-3-12-35(38)19-42-20-35;/h4,7-8,10,14-17,21,23,30,33H,3,5-6,9,11-13,18-20H2,1-2H3,(H,39,40);/q;+1/p-1/t21-,30?,33-;/m0./s1. The number of likely N-dealkylation sites (tertiary alicyclic amines) is 1. The Morgan fingerprint density at radius 3 is 2.68 bits per heavy atom.